The Hall–Kier alpha value is -1.20. The summed E-state index contributed by atoms with van der Waals surface area (Å²) in [5.74, 6) is 0. The molecule has 0 saturated heterocycles. The lowest BCUT2D eigenvalue weighted by Crippen LogP contribution is -1.90. The van der Waals surface area contributed by atoms with Gasteiger partial charge in [-0.25, -0.2) is 0 Å². The van der Waals surface area contributed by atoms with Gasteiger partial charge in [0.2, 0.25) is 0 Å². The Morgan fingerprint density at radius 2 is 2.20 bits per heavy atom. The molecule has 2 aromatic rings. The van der Waals surface area contributed by atoms with Gasteiger partial charge in [0.25, 0.3) is 5.69 Å². The predicted octanol–water partition coefficient (Wildman–Crippen LogP) is 3.56. The Bertz CT molecular complexity index is 559. The summed E-state index contributed by atoms with van der Waals surface area (Å²) in [6.45, 7) is 0. The second-order valence-electron chi connectivity index (χ2n) is 2.88. The lowest BCUT2D eigenvalue weighted by molar-refractivity contribution is -0.384. The molecule has 0 aliphatic rings. The fraction of sp³-hybridized carbons (Fsp3) is 0. The number of aromatic nitrogens is 1. The van der Waals surface area contributed by atoms with E-state index < -0.39 is 4.92 Å². The molecule has 1 aromatic carbocycles. The van der Waals surface area contributed by atoms with Crippen LogP contribution in [0.2, 0.25) is 5.02 Å². The second-order valence-corrected chi connectivity index (χ2v) is 4.17. The third kappa shape index (κ3) is 1.80. The number of pyridine rings is 1. The highest BCUT2D eigenvalue weighted by molar-refractivity contribution is 9.10. The number of rotatable bonds is 1. The molecule has 1 heterocycles. The van der Waals surface area contributed by atoms with Crippen LogP contribution in [0.1, 0.15) is 0 Å². The largest absolute Gasteiger partial charge is 0.288 e. The molecule has 0 aliphatic heterocycles. The Kier molecular flexibility index (Phi) is 2.58. The number of fused-ring (bicyclic) bond motifs is 1. The fourth-order valence-electron chi connectivity index (χ4n) is 1.27. The highest BCUT2D eigenvalue weighted by Crippen LogP contribution is 2.32. The maximum atomic E-state index is 10.6. The Labute approximate surface area is 98.2 Å². The van der Waals surface area contributed by atoms with Crippen LogP contribution in [-0.4, -0.2) is 9.91 Å². The first kappa shape index (κ1) is 10.3. The summed E-state index contributed by atoms with van der Waals surface area (Å²) in [6, 6.07) is 4.63. The third-order valence-corrected chi connectivity index (χ3v) is 2.77. The van der Waals surface area contributed by atoms with E-state index in [4.69, 9.17) is 11.6 Å². The van der Waals surface area contributed by atoms with Gasteiger partial charge in [-0.1, -0.05) is 11.6 Å². The molecule has 76 valence electrons. The van der Waals surface area contributed by atoms with Gasteiger partial charge < -0.3 is 0 Å². The summed E-state index contributed by atoms with van der Waals surface area (Å²) in [5.41, 5.74) is 0.526. The quantitative estimate of drug-likeness (QED) is 0.595. The van der Waals surface area contributed by atoms with E-state index in [9.17, 15) is 10.1 Å². The standard InChI is InChI=1S/C9H4BrClN2O2/c10-5-3-6-7(12-4-5)1-2-8(9(6)11)13(14)15/h1-4H. The number of nitrogens with zero attached hydrogens (tertiary/aromatic N) is 2. The molecule has 1 aromatic heterocycles. The lowest BCUT2D eigenvalue weighted by Gasteiger charge is -2.01. The van der Waals surface area contributed by atoms with Crippen LogP contribution in [0.3, 0.4) is 0 Å². The molecule has 0 unspecified atom stereocenters. The van der Waals surface area contributed by atoms with Crippen LogP contribution >= 0.6 is 27.5 Å². The Morgan fingerprint density at radius 1 is 1.47 bits per heavy atom. The maximum Gasteiger partial charge on any atom is 0.288 e. The van der Waals surface area contributed by atoms with Crippen molar-refractivity contribution in [3.63, 3.8) is 0 Å². The molecule has 0 fully saturated rings. The van der Waals surface area contributed by atoms with E-state index in [-0.39, 0.29) is 10.7 Å². The van der Waals surface area contributed by atoms with Gasteiger partial charge >= 0.3 is 0 Å². The van der Waals surface area contributed by atoms with E-state index in [2.05, 4.69) is 20.9 Å². The van der Waals surface area contributed by atoms with Crippen LogP contribution in [0, 0.1) is 10.1 Å². The average Bonchev–Trinajstić information content (AvgIpc) is 2.19. The first-order valence-electron chi connectivity index (χ1n) is 3.98. The van der Waals surface area contributed by atoms with Crippen molar-refractivity contribution in [1.29, 1.82) is 0 Å². The minimum atomic E-state index is -0.511. The van der Waals surface area contributed by atoms with Gasteiger partial charge in [0.05, 0.1) is 10.4 Å². The van der Waals surface area contributed by atoms with Gasteiger partial charge in [-0.3, -0.25) is 15.1 Å². The summed E-state index contributed by atoms with van der Waals surface area (Å²) in [5, 5.41) is 11.3. The van der Waals surface area contributed by atoms with Crippen molar-refractivity contribution < 1.29 is 4.92 Å². The SMILES string of the molecule is O=[N+]([O-])c1ccc2ncc(Br)cc2c1Cl. The molecule has 15 heavy (non-hydrogen) atoms. The van der Waals surface area contributed by atoms with E-state index in [0.717, 1.165) is 4.47 Å². The first-order valence-corrected chi connectivity index (χ1v) is 5.15. The van der Waals surface area contributed by atoms with Gasteiger partial charge in [-0.2, -0.15) is 0 Å². The van der Waals surface area contributed by atoms with Crippen LogP contribution in [0.4, 0.5) is 5.69 Å². The maximum absolute atomic E-state index is 10.6. The second kappa shape index (κ2) is 3.75. The third-order valence-electron chi connectivity index (χ3n) is 1.94. The summed E-state index contributed by atoms with van der Waals surface area (Å²) in [6.07, 6.45) is 1.62. The van der Waals surface area contributed by atoms with Crippen molar-refractivity contribution >= 4 is 44.1 Å². The van der Waals surface area contributed by atoms with Crippen molar-refractivity contribution in [2.24, 2.45) is 0 Å². The Balaban J connectivity index is 2.82. The van der Waals surface area contributed by atoms with Crippen molar-refractivity contribution in [3.05, 3.63) is 44.0 Å². The molecule has 0 bridgehead atoms. The first-order chi connectivity index (χ1) is 7.09. The normalized spacial score (nSPS) is 10.5. The highest BCUT2D eigenvalue weighted by atomic mass is 79.9. The van der Waals surface area contributed by atoms with E-state index in [0.29, 0.717) is 10.9 Å². The number of hydrogen-bond donors (Lipinski definition) is 0. The van der Waals surface area contributed by atoms with E-state index in [1.54, 1.807) is 18.3 Å². The summed E-state index contributed by atoms with van der Waals surface area (Å²) >= 11 is 9.14. The van der Waals surface area contributed by atoms with Crippen molar-refractivity contribution in [1.82, 2.24) is 4.98 Å². The molecule has 0 atom stereocenters. The number of halogens is 2. The zero-order valence-corrected chi connectivity index (χ0v) is 9.62. The molecule has 0 saturated carbocycles. The zero-order chi connectivity index (χ0) is 11.0. The van der Waals surface area contributed by atoms with Gasteiger partial charge in [-0.15, -0.1) is 0 Å². The number of nitro benzene ring substituents is 1. The monoisotopic (exact) mass is 286 g/mol. The van der Waals surface area contributed by atoms with Crippen LogP contribution < -0.4 is 0 Å². The van der Waals surface area contributed by atoms with Gasteiger partial charge in [0.15, 0.2) is 0 Å². The average molecular weight is 288 g/mol. The molecular formula is C9H4BrClN2O2. The molecule has 0 radical (unpaired) electrons. The van der Waals surface area contributed by atoms with Crippen LogP contribution in [0.15, 0.2) is 28.9 Å². The molecule has 2 rings (SSSR count). The van der Waals surface area contributed by atoms with Crippen LogP contribution in [-0.2, 0) is 0 Å². The topological polar surface area (TPSA) is 56.0 Å². The minimum absolute atomic E-state index is 0.107. The molecule has 4 nitrogen and oxygen atoms in total. The number of benzene rings is 1. The Morgan fingerprint density at radius 3 is 2.87 bits per heavy atom. The molecule has 0 amide bonds. The van der Waals surface area contributed by atoms with E-state index in [1.807, 2.05) is 0 Å². The van der Waals surface area contributed by atoms with Gasteiger partial charge in [0.1, 0.15) is 5.02 Å². The van der Waals surface area contributed by atoms with Crippen LogP contribution in [0.25, 0.3) is 10.9 Å². The molecule has 0 spiro atoms. The summed E-state index contributed by atoms with van der Waals surface area (Å²) in [4.78, 5) is 14.2. The van der Waals surface area contributed by atoms with E-state index >= 15 is 0 Å². The molecular weight excluding hydrogens is 283 g/mol. The predicted molar refractivity (Wildman–Crippen MR) is 61.1 cm³/mol. The van der Waals surface area contributed by atoms with Gasteiger partial charge in [0, 0.05) is 22.1 Å². The van der Waals surface area contributed by atoms with Crippen molar-refractivity contribution in [3.8, 4) is 0 Å². The fourth-order valence-corrected chi connectivity index (χ4v) is 1.88. The lowest BCUT2D eigenvalue weighted by atomic mass is 10.2. The number of nitro groups is 1. The van der Waals surface area contributed by atoms with Crippen molar-refractivity contribution in [2.45, 2.75) is 0 Å². The zero-order valence-electron chi connectivity index (χ0n) is 7.28. The van der Waals surface area contributed by atoms with Crippen molar-refractivity contribution in [2.75, 3.05) is 0 Å². The summed E-state index contributed by atoms with van der Waals surface area (Å²) < 4.78 is 0.734. The van der Waals surface area contributed by atoms with Gasteiger partial charge in [-0.05, 0) is 28.1 Å². The summed E-state index contributed by atoms with van der Waals surface area (Å²) in [7, 11) is 0. The molecule has 0 N–H and O–H groups in total. The van der Waals surface area contributed by atoms with Crippen LogP contribution in [0.5, 0.6) is 0 Å². The highest BCUT2D eigenvalue weighted by Gasteiger charge is 2.15. The minimum Gasteiger partial charge on any atom is -0.258 e. The molecule has 0 aliphatic carbocycles. The number of hydrogen-bond acceptors (Lipinski definition) is 3. The van der Waals surface area contributed by atoms with E-state index in [1.165, 1.54) is 6.07 Å². The molecule has 6 heteroatoms. The smallest absolute Gasteiger partial charge is 0.258 e.